The molecular weight excluding hydrogens is 481 g/mol. The Hall–Kier alpha value is -4.48. The van der Waals surface area contributed by atoms with Gasteiger partial charge in [0.1, 0.15) is 17.3 Å². The Morgan fingerprint density at radius 1 is 1.13 bits per heavy atom. The summed E-state index contributed by atoms with van der Waals surface area (Å²) in [5.74, 6) is 0.292. The second kappa shape index (κ2) is 10.9. The van der Waals surface area contributed by atoms with Crippen LogP contribution in [-0.4, -0.2) is 46.2 Å². The molecule has 0 fully saturated rings. The van der Waals surface area contributed by atoms with Crippen LogP contribution in [0.3, 0.4) is 0 Å². The molecule has 0 radical (unpaired) electrons. The van der Waals surface area contributed by atoms with Crippen molar-refractivity contribution in [2.24, 2.45) is 0 Å². The first-order valence-electron chi connectivity index (χ1n) is 12.4. The molecule has 0 spiro atoms. The molecule has 5 rings (SSSR count). The maximum absolute atomic E-state index is 13.4. The van der Waals surface area contributed by atoms with E-state index in [-0.39, 0.29) is 11.7 Å². The van der Waals surface area contributed by atoms with Gasteiger partial charge in [0.15, 0.2) is 0 Å². The Balaban J connectivity index is 1.47. The molecule has 4 aromatic rings. The second-order valence-electron chi connectivity index (χ2n) is 9.40. The number of rotatable bonds is 7. The lowest BCUT2D eigenvalue weighted by atomic mass is 10.0. The molecule has 7 nitrogen and oxygen atoms in total. The van der Waals surface area contributed by atoms with Crippen molar-refractivity contribution in [3.8, 4) is 17.5 Å². The molecule has 0 aliphatic carbocycles. The predicted molar refractivity (Wildman–Crippen MR) is 141 cm³/mol. The van der Waals surface area contributed by atoms with Gasteiger partial charge in [-0.2, -0.15) is 10.4 Å². The quantitative estimate of drug-likeness (QED) is 0.360. The minimum absolute atomic E-state index is 0.179. The summed E-state index contributed by atoms with van der Waals surface area (Å²) in [6.07, 6.45) is 0.767. The summed E-state index contributed by atoms with van der Waals surface area (Å²) in [5.41, 5.74) is 5.77. The SMILES string of the molecule is COc1ccccc1-n1nc(CN(C)C(=O)c2cccc(C#N)c2)c2c1CCN(Cc1ccc(F)cc1)C2. The normalized spacial score (nSPS) is 13.0. The van der Waals surface area contributed by atoms with Gasteiger partial charge in [0.25, 0.3) is 5.91 Å². The van der Waals surface area contributed by atoms with E-state index >= 15 is 0 Å². The van der Waals surface area contributed by atoms with E-state index in [1.54, 1.807) is 43.3 Å². The minimum Gasteiger partial charge on any atom is -0.494 e. The van der Waals surface area contributed by atoms with E-state index in [4.69, 9.17) is 9.84 Å². The fraction of sp³-hybridized carbons (Fsp3) is 0.233. The highest BCUT2D eigenvalue weighted by molar-refractivity contribution is 5.94. The lowest BCUT2D eigenvalue weighted by Crippen LogP contribution is -2.32. The third-order valence-corrected chi connectivity index (χ3v) is 6.82. The molecule has 1 aliphatic heterocycles. The molecule has 0 N–H and O–H groups in total. The molecule has 38 heavy (non-hydrogen) atoms. The molecule has 0 saturated carbocycles. The lowest BCUT2D eigenvalue weighted by molar-refractivity contribution is 0.0782. The van der Waals surface area contributed by atoms with Crippen LogP contribution in [0.15, 0.2) is 72.8 Å². The number of ether oxygens (including phenoxy) is 1. The van der Waals surface area contributed by atoms with Crippen LogP contribution < -0.4 is 4.74 Å². The second-order valence-corrected chi connectivity index (χ2v) is 9.40. The third kappa shape index (κ3) is 5.15. The molecule has 0 bridgehead atoms. The number of benzene rings is 3. The Bertz CT molecular complexity index is 1510. The molecule has 1 aliphatic rings. The Labute approximate surface area is 221 Å². The van der Waals surface area contributed by atoms with Crippen molar-refractivity contribution in [1.29, 1.82) is 5.26 Å². The number of carbonyl (C=O) groups is 1. The number of para-hydroxylation sites is 2. The number of hydrogen-bond donors (Lipinski definition) is 0. The first-order valence-corrected chi connectivity index (χ1v) is 12.4. The van der Waals surface area contributed by atoms with Crippen LogP contribution in [0.4, 0.5) is 4.39 Å². The van der Waals surface area contributed by atoms with E-state index in [2.05, 4.69) is 11.0 Å². The third-order valence-electron chi connectivity index (χ3n) is 6.82. The highest BCUT2D eigenvalue weighted by Gasteiger charge is 2.28. The molecule has 2 heterocycles. The van der Waals surface area contributed by atoms with Crippen LogP contribution in [0.5, 0.6) is 5.75 Å². The Morgan fingerprint density at radius 2 is 1.92 bits per heavy atom. The van der Waals surface area contributed by atoms with Crippen molar-refractivity contribution in [2.45, 2.75) is 26.1 Å². The molecule has 1 amide bonds. The molecule has 1 aromatic heterocycles. The number of amides is 1. The molecule has 8 heteroatoms. The van der Waals surface area contributed by atoms with Gasteiger partial charge in [-0.05, 0) is 48.0 Å². The number of nitriles is 1. The summed E-state index contributed by atoms with van der Waals surface area (Å²) in [7, 11) is 3.39. The van der Waals surface area contributed by atoms with Crippen LogP contribution in [0.25, 0.3) is 5.69 Å². The molecule has 0 unspecified atom stereocenters. The maximum Gasteiger partial charge on any atom is 0.253 e. The van der Waals surface area contributed by atoms with E-state index in [1.807, 2.05) is 41.1 Å². The zero-order valence-electron chi connectivity index (χ0n) is 21.4. The van der Waals surface area contributed by atoms with Gasteiger partial charge >= 0.3 is 0 Å². The number of methoxy groups -OCH3 is 1. The topological polar surface area (TPSA) is 74.4 Å². The molecule has 0 saturated heterocycles. The lowest BCUT2D eigenvalue weighted by Gasteiger charge is -2.28. The van der Waals surface area contributed by atoms with E-state index in [1.165, 1.54) is 12.1 Å². The first-order chi connectivity index (χ1) is 18.5. The highest BCUT2D eigenvalue weighted by Crippen LogP contribution is 2.31. The van der Waals surface area contributed by atoms with Crippen LogP contribution in [0.1, 0.15) is 38.4 Å². The van der Waals surface area contributed by atoms with Crippen molar-refractivity contribution in [2.75, 3.05) is 20.7 Å². The summed E-state index contributed by atoms with van der Waals surface area (Å²) < 4.78 is 21.0. The monoisotopic (exact) mass is 509 g/mol. The van der Waals surface area contributed by atoms with Gasteiger partial charge in [0, 0.05) is 44.2 Å². The number of fused-ring (bicyclic) bond motifs is 1. The van der Waals surface area contributed by atoms with Gasteiger partial charge < -0.3 is 9.64 Å². The van der Waals surface area contributed by atoms with E-state index in [9.17, 15) is 14.4 Å². The van der Waals surface area contributed by atoms with Crippen LogP contribution in [0, 0.1) is 17.1 Å². The maximum atomic E-state index is 13.4. The van der Waals surface area contributed by atoms with Gasteiger partial charge in [-0.3, -0.25) is 9.69 Å². The minimum atomic E-state index is -0.247. The fourth-order valence-electron chi connectivity index (χ4n) is 4.89. The van der Waals surface area contributed by atoms with Gasteiger partial charge in [-0.25, -0.2) is 9.07 Å². The van der Waals surface area contributed by atoms with Crippen LogP contribution in [0.2, 0.25) is 0 Å². The number of halogens is 1. The standard InChI is InChI=1S/C30H28FN5O2/c1-34(30(37)23-7-5-6-22(16-23)17-32)20-26-25-19-35(18-21-10-12-24(31)13-11-21)15-14-27(25)36(33-26)28-8-3-4-9-29(28)38-2/h3-13,16H,14-15,18-20H2,1-2H3. The number of nitrogens with zero attached hydrogens (tertiary/aromatic N) is 5. The molecule has 0 atom stereocenters. The van der Waals surface area contributed by atoms with Crippen LogP contribution >= 0.6 is 0 Å². The average Bonchev–Trinajstić information content (AvgIpc) is 3.30. The zero-order valence-corrected chi connectivity index (χ0v) is 21.4. The van der Waals surface area contributed by atoms with Gasteiger partial charge in [0.05, 0.1) is 36.7 Å². The molecule has 3 aromatic carbocycles. The fourth-order valence-corrected chi connectivity index (χ4v) is 4.89. The first kappa shape index (κ1) is 25.2. The van der Waals surface area contributed by atoms with Gasteiger partial charge in [0.2, 0.25) is 0 Å². The number of aromatic nitrogens is 2. The van der Waals surface area contributed by atoms with Crippen molar-refractivity contribution >= 4 is 5.91 Å². The number of carbonyl (C=O) groups excluding carboxylic acids is 1. The van der Waals surface area contributed by atoms with E-state index in [0.29, 0.717) is 30.8 Å². The van der Waals surface area contributed by atoms with Gasteiger partial charge in [-0.1, -0.05) is 30.3 Å². The average molecular weight is 510 g/mol. The summed E-state index contributed by atoms with van der Waals surface area (Å²) in [4.78, 5) is 17.2. The van der Waals surface area contributed by atoms with Crippen molar-refractivity contribution in [3.05, 3.63) is 112 Å². The smallest absolute Gasteiger partial charge is 0.253 e. The van der Waals surface area contributed by atoms with Crippen LogP contribution in [-0.2, 0) is 26.1 Å². The van der Waals surface area contributed by atoms with Crippen molar-refractivity contribution in [1.82, 2.24) is 19.6 Å². The largest absolute Gasteiger partial charge is 0.494 e. The zero-order chi connectivity index (χ0) is 26.6. The van der Waals surface area contributed by atoms with E-state index < -0.39 is 0 Å². The molecule has 192 valence electrons. The summed E-state index contributed by atoms with van der Waals surface area (Å²) >= 11 is 0. The summed E-state index contributed by atoms with van der Waals surface area (Å²) in [5, 5.41) is 14.2. The summed E-state index contributed by atoms with van der Waals surface area (Å²) in [6.45, 7) is 2.47. The Kier molecular flexibility index (Phi) is 7.20. The number of hydrogen-bond acceptors (Lipinski definition) is 5. The molecular formula is C30H28FN5O2. The van der Waals surface area contributed by atoms with Gasteiger partial charge in [-0.15, -0.1) is 0 Å². The Morgan fingerprint density at radius 3 is 2.68 bits per heavy atom. The van der Waals surface area contributed by atoms with Crippen molar-refractivity contribution in [3.63, 3.8) is 0 Å². The predicted octanol–water partition coefficient (Wildman–Crippen LogP) is 4.72. The summed E-state index contributed by atoms with van der Waals surface area (Å²) in [6, 6.07) is 23.1. The van der Waals surface area contributed by atoms with Crippen molar-refractivity contribution < 1.29 is 13.9 Å². The highest BCUT2D eigenvalue weighted by atomic mass is 19.1. The van der Waals surface area contributed by atoms with E-state index in [0.717, 1.165) is 46.9 Å².